The Bertz CT molecular complexity index is 144. The van der Waals surface area contributed by atoms with Crippen LogP contribution in [-0.4, -0.2) is 15.7 Å². The molecule has 1 saturated heterocycles. The van der Waals surface area contributed by atoms with Crippen LogP contribution >= 0.6 is 0 Å². The summed E-state index contributed by atoms with van der Waals surface area (Å²) in [6.07, 6.45) is 3.65. The highest BCUT2D eigenvalue weighted by Gasteiger charge is 2.21. The van der Waals surface area contributed by atoms with Crippen molar-refractivity contribution < 1.29 is 4.21 Å². The largest absolute Gasteiger partial charge is 0.260 e. The van der Waals surface area contributed by atoms with E-state index in [4.69, 9.17) is 0 Å². The van der Waals surface area contributed by atoms with Gasteiger partial charge in [-0.3, -0.25) is 4.21 Å². The highest BCUT2D eigenvalue weighted by Crippen LogP contribution is 2.24. The summed E-state index contributed by atoms with van der Waals surface area (Å²) >= 11 is 0. The summed E-state index contributed by atoms with van der Waals surface area (Å²) in [5.74, 6) is 3.42. The normalized spacial score (nSPS) is 40.0. The van der Waals surface area contributed by atoms with Gasteiger partial charge in [-0.05, 0) is 24.7 Å². The molecule has 1 fully saturated rings. The zero-order valence-corrected chi connectivity index (χ0v) is 8.32. The van der Waals surface area contributed by atoms with Gasteiger partial charge in [0.15, 0.2) is 0 Å². The lowest BCUT2D eigenvalue weighted by molar-refractivity contribution is 0.364. The second-order valence-electron chi connectivity index (χ2n) is 3.60. The van der Waals surface area contributed by atoms with Gasteiger partial charge in [-0.25, -0.2) is 0 Å². The fourth-order valence-corrected chi connectivity index (χ4v) is 3.51. The minimum atomic E-state index is -0.508. The molecule has 1 nitrogen and oxygen atoms in total. The number of hydrogen-bond donors (Lipinski definition) is 0. The molecule has 0 bridgehead atoms. The first-order valence-electron chi connectivity index (χ1n) is 4.59. The van der Waals surface area contributed by atoms with Crippen LogP contribution in [0.1, 0.15) is 33.1 Å². The van der Waals surface area contributed by atoms with Crippen LogP contribution in [0.25, 0.3) is 0 Å². The van der Waals surface area contributed by atoms with Crippen LogP contribution in [0.4, 0.5) is 0 Å². The first kappa shape index (κ1) is 9.24. The van der Waals surface area contributed by atoms with E-state index in [2.05, 4.69) is 13.8 Å². The molecule has 1 aliphatic rings. The quantitative estimate of drug-likeness (QED) is 0.595. The maximum atomic E-state index is 11.3. The van der Waals surface area contributed by atoms with Gasteiger partial charge in [0.05, 0.1) is 0 Å². The van der Waals surface area contributed by atoms with Crippen molar-refractivity contribution in [2.75, 3.05) is 11.5 Å². The summed E-state index contributed by atoms with van der Waals surface area (Å²) in [5.41, 5.74) is 0. The lowest BCUT2D eigenvalue weighted by atomic mass is 9.90. The van der Waals surface area contributed by atoms with Crippen molar-refractivity contribution in [3.05, 3.63) is 0 Å². The van der Waals surface area contributed by atoms with Crippen molar-refractivity contribution in [3.63, 3.8) is 0 Å². The Hall–Kier alpha value is 0.150. The molecule has 0 aromatic rings. The number of hydrogen-bond acceptors (Lipinski definition) is 1. The van der Waals surface area contributed by atoms with Gasteiger partial charge >= 0.3 is 0 Å². The molecule has 0 saturated carbocycles. The van der Waals surface area contributed by atoms with Crippen LogP contribution in [0.2, 0.25) is 0 Å². The first-order valence-corrected chi connectivity index (χ1v) is 6.07. The molecule has 3 unspecified atom stereocenters. The molecule has 0 aliphatic carbocycles. The van der Waals surface area contributed by atoms with E-state index in [1.54, 1.807) is 0 Å². The lowest BCUT2D eigenvalue weighted by Crippen LogP contribution is -2.15. The van der Waals surface area contributed by atoms with Gasteiger partial charge in [-0.1, -0.05) is 20.3 Å². The molecule has 1 heterocycles. The fourth-order valence-electron chi connectivity index (χ4n) is 1.81. The van der Waals surface area contributed by atoms with Gasteiger partial charge < -0.3 is 0 Å². The Kier molecular flexibility index (Phi) is 3.57. The van der Waals surface area contributed by atoms with Crippen LogP contribution in [0.5, 0.6) is 0 Å². The zero-order chi connectivity index (χ0) is 8.27. The summed E-state index contributed by atoms with van der Waals surface area (Å²) in [6, 6.07) is 0. The van der Waals surface area contributed by atoms with Crippen LogP contribution in [0, 0.1) is 11.8 Å². The van der Waals surface area contributed by atoms with E-state index in [0.29, 0.717) is 0 Å². The molecule has 0 radical (unpaired) electrons. The summed E-state index contributed by atoms with van der Waals surface area (Å²) in [6.45, 7) is 4.51. The Labute approximate surface area is 72.0 Å². The van der Waals surface area contributed by atoms with Crippen LogP contribution in [-0.2, 0) is 10.8 Å². The van der Waals surface area contributed by atoms with Crippen LogP contribution in [0.3, 0.4) is 0 Å². The molecule has 1 rings (SSSR count). The van der Waals surface area contributed by atoms with Crippen molar-refractivity contribution in [2.24, 2.45) is 11.8 Å². The van der Waals surface area contributed by atoms with E-state index in [-0.39, 0.29) is 0 Å². The van der Waals surface area contributed by atoms with Crippen molar-refractivity contribution in [1.82, 2.24) is 0 Å². The minimum Gasteiger partial charge on any atom is -0.260 e. The average Bonchev–Trinajstić information content (AvgIpc) is 2.13. The molecular formula is C9H18OS. The van der Waals surface area contributed by atoms with E-state index < -0.39 is 10.8 Å². The fraction of sp³-hybridized carbons (Fsp3) is 1.00. The predicted octanol–water partition coefficient (Wildman–Crippen LogP) is 2.19. The third kappa shape index (κ3) is 2.58. The summed E-state index contributed by atoms with van der Waals surface area (Å²) in [4.78, 5) is 0. The second kappa shape index (κ2) is 4.24. The van der Waals surface area contributed by atoms with Gasteiger partial charge in [-0.15, -0.1) is 0 Å². The third-order valence-electron chi connectivity index (χ3n) is 2.76. The summed E-state index contributed by atoms with van der Waals surface area (Å²) < 4.78 is 11.3. The monoisotopic (exact) mass is 174 g/mol. The third-order valence-corrected chi connectivity index (χ3v) is 4.30. The maximum absolute atomic E-state index is 11.3. The van der Waals surface area contributed by atoms with Gasteiger partial charge in [0, 0.05) is 22.3 Å². The molecule has 11 heavy (non-hydrogen) atoms. The molecule has 66 valence electrons. The Morgan fingerprint density at radius 3 is 2.91 bits per heavy atom. The van der Waals surface area contributed by atoms with E-state index >= 15 is 0 Å². The molecule has 1 aliphatic heterocycles. The van der Waals surface area contributed by atoms with E-state index in [0.717, 1.165) is 23.3 Å². The van der Waals surface area contributed by atoms with E-state index in [1.165, 1.54) is 19.3 Å². The van der Waals surface area contributed by atoms with Gasteiger partial charge in [0.1, 0.15) is 0 Å². The van der Waals surface area contributed by atoms with Crippen molar-refractivity contribution in [2.45, 2.75) is 33.1 Å². The molecule has 0 N–H and O–H groups in total. The summed E-state index contributed by atoms with van der Waals surface area (Å²) in [5, 5.41) is 0. The molecule has 0 amide bonds. The minimum absolute atomic E-state index is 0.508. The van der Waals surface area contributed by atoms with Crippen molar-refractivity contribution >= 4 is 10.8 Å². The Morgan fingerprint density at radius 1 is 1.55 bits per heavy atom. The average molecular weight is 174 g/mol. The van der Waals surface area contributed by atoms with Gasteiger partial charge in [0.25, 0.3) is 0 Å². The molecule has 0 aromatic heterocycles. The molecule has 0 aromatic carbocycles. The second-order valence-corrected chi connectivity index (χ2v) is 5.22. The Morgan fingerprint density at radius 2 is 2.27 bits per heavy atom. The zero-order valence-electron chi connectivity index (χ0n) is 7.51. The maximum Gasteiger partial charge on any atom is 0.0265 e. The molecule has 2 heteroatoms. The van der Waals surface area contributed by atoms with Crippen molar-refractivity contribution in [3.8, 4) is 0 Å². The lowest BCUT2D eigenvalue weighted by Gasteiger charge is -2.17. The van der Waals surface area contributed by atoms with E-state index in [9.17, 15) is 4.21 Å². The van der Waals surface area contributed by atoms with Crippen molar-refractivity contribution in [1.29, 1.82) is 0 Å². The number of rotatable bonds is 1. The van der Waals surface area contributed by atoms with Crippen LogP contribution < -0.4 is 0 Å². The Balaban J connectivity index is 2.52. The smallest absolute Gasteiger partial charge is 0.0265 e. The molecular weight excluding hydrogens is 156 g/mol. The van der Waals surface area contributed by atoms with E-state index in [1.807, 2.05) is 0 Å². The highest BCUT2D eigenvalue weighted by molar-refractivity contribution is 7.84. The summed E-state index contributed by atoms with van der Waals surface area (Å²) in [7, 11) is -0.508. The first-order chi connectivity index (χ1) is 5.24. The highest BCUT2D eigenvalue weighted by atomic mass is 32.2. The van der Waals surface area contributed by atoms with Gasteiger partial charge in [0.2, 0.25) is 0 Å². The standard InChI is InChI=1S/C9H18OS/c1-3-9-7-11(10)6-4-5-8(9)2/h8-9H,3-7H2,1-2H3. The predicted molar refractivity (Wildman–Crippen MR) is 50.1 cm³/mol. The molecule has 0 spiro atoms. The topological polar surface area (TPSA) is 17.1 Å². The SMILES string of the molecule is CCC1CS(=O)CCCC1C. The van der Waals surface area contributed by atoms with Gasteiger partial charge in [-0.2, -0.15) is 0 Å². The molecule has 3 atom stereocenters. The van der Waals surface area contributed by atoms with Crippen LogP contribution in [0.15, 0.2) is 0 Å².